The molecular weight excluding hydrogens is 330 g/mol. The highest BCUT2D eigenvalue weighted by molar-refractivity contribution is 5.90. The van der Waals surface area contributed by atoms with Gasteiger partial charge in [-0.25, -0.2) is 4.39 Å². The molecule has 0 spiro atoms. The highest BCUT2D eigenvalue weighted by Gasteiger charge is 2.76. The number of anilines is 1. The average molecular weight is 337 g/mol. The third-order valence-electron chi connectivity index (χ3n) is 2.23. The number of benzene rings is 1. The lowest BCUT2D eigenvalue weighted by atomic mass is 10.2. The Bertz CT molecular complexity index is 552. The van der Waals surface area contributed by atoms with Crippen LogP contribution in [-0.4, -0.2) is 24.1 Å². The highest BCUT2D eigenvalue weighted by Crippen LogP contribution is 2.48. The van der Waals surface area contributed by atoms with Gasteiger partial charge >= 0.3 is 18.2 Å². The number of carbonyl (C=O) groups excluding carboxylic acids is 1. The standard InChI is InChI=1S/C11H7F8NO2/c1-5(21)20-7-3-2-6(12)4-8(7)22-9(13,10(14,15)16)11(17,18)19/h2-4H,1H3,(H,20,21). The number of nitrogens with one attached hydrogen (secondary N) is 1. The van der Waals surface area contributed by atoms with E-state index in [1.807, 2.05) is 0 Å². The van der Waals surface area contributed by atoms with Gasteiger partial charge in [0.1, 0.15) is 5.82 Å². The summed E-state index contributed by atoms with van der Waals surface area (Å²) >= 11 is 0. The second-order valence-electron chi connectivity index (χ2n) is 4.01. The molecule has 22 heavy (non-hydrogen) atoms. The van der Waals surface area contributed by atoms with Crippen molar-refractivity contribution in [3.63, 3.8) is 0 Å². The summed E-state index contributed by atoms with van der Waals surface area (Å²) < 4.78 is 104. The Labute approximate surface area is 117 Å². The zero-order valence-corrected chi connectivity index (χ0v) is 10.6. The third kappa shape index (κ3) is 3.57. The minimum Gasteiger partial charge on any atom is -0.441 e. The van der Waals surface area contributed by atoms with Gasteiger partial charge in [-0.2, -0.15) is 30.7 Å². The zero-order valence-electron chi connectivity index (χ0n) is 10.6. The van der Waals surface area contributed by atoms with E-state index in [4.69, 9.17) is 0 Å². The molecule has 1 amide bonds. The van der Waals surface area contributed by atoms with Gasteiger partial charge in [0.05, 0.1) is 5.69 Å². The van der Waals surface area contributed by atoms with E-state index in [0.29, 0.717) is 12.1 Å². The van der Waals surface area contributed by atoms with E-state index in [2.05, 4.69) is 4.74 Å². The van der Waals surface area contributed by atoms with E-state index in [1.54, 1.807) is 5.32 Å². The van der Waals surface area contributed by atoms with Gasteiger partial charge in [-0.15, -0.1) is 0 Å². The van der Waals surface area contributed by atoms with Crippen molar-refractivity contribution in [1.29, 1.82) is 0 Å². The second-order valence-corrected chi connectivity index (χ2v) is 4.01. The van der Waals surface area contributed by atoms with Gasteiger partial charge in [0.2, 0.25) is 5.91 Å². The molecule has 0 unspecified atom stereocenters. The third-order valence-corrected chi connectivity index (χ3v) is 2.23. The van der Waals surface area contributed by atoms with E-state index < -0.39 is 41.4 Å². The molecule has 0 heterocycles. The molecule has 0 fully saturated rings. The molecule has 1 aromatic carbocycles. The van der Waals surface area contributed by atoms with Gasteiger partial charge in [0, 0.05) is 13.0 Å². The minimum absolute atomic E-state index is 0.0804. The molecule has 1 aromatic rings. The van der Waals surface area contributed by atoms with Crippen molar-refractivity contribution in [1.82, 2.24) is 0 Å². The number of halogens is 8. The fourth-order valence-electron chi connectivity index (χ4n) is 1.30. The van der Waals surface area contributed by atoms with E-state index in [9.17, 15) is 39.9 Å². The second kappa shape index (κ2) is 5.61. The van der Waals surface area contributed by atoms with Crippen LogP contribution in [0.2, 0.25) is 0 Å². The minimum atomic E-state index is -6.48. The Morgan fingerprint density at radius 3 is 1.95 bits per heavy atom. The molecule has 3 nitrogen and oxygen atoms in total. The lowest BCUT2D eigenvalue weighted by Gasteiger charge is -2.30. The van der Waals surface area contributed by atoms with Crippen LogP contribution in [0.3, 0.4) is 0 Å². The summed E-state index contributed by atoms with van der Waals surface area (Å²) in [5.74, 6) is -9.73. The van der Waals surface area contributed by atoms with Crippen molar-refractivity contribution in [2.24, 2.45) is 0 Å². The molecule has 0 radical (unpaired) electrons. The van der Waals surface area contributed by atoms with Crippen molar-refractivity contribution in [3.05, 3.63) is 24.0 Å². The number of hydrogen-bond donors (Lipinski definition) is 1. The number of ether oxygens (including phenoxy) is 1. The molecule has 1 N–H and O–H groups in total. The van der Waals surface area contributed by atoms with Crippen LogP contribution < -0.4 is 10.1 Å². The molecule has 11 heteroatoms. The molecular formula is C11H7F8NO2. The Kier molecular flexibility index (Phi) is 4.59. The van der Waals surface area contributed by atoms with Crippen LogP contribution in [0.1, 0.15) is 6.92 Å². The first kappa shape index (κ1) is 18.0. The van der Waals surface area contributed by atoms with Gasteiger partial charge in [0.25, 0.3) is 0 Å². The van der Waals surface area contributed by atoms with Gasteiger partial charge in [-0.1, -0.05) is 0 Å². The Hall–Kier alpha value is -2.07. The topological polar surface area (TPSA) is 38.3 Å². The molecule has 0 aromatic heterocycles. The molecule has 0 aliphatic carbocycles. The maximum absolute atomic E-state index is 13.4. The molecule has 0 aliphatic heterocycles. The van der Waals surface area contributed by atoms with E-state index >= 15 is 0 Å². The smallest absolute Gasteiger partial charge is 0.441 e. The quantitative estimate of drug-likeness (QED) is 0.848. The molecule has 0 saturated heterocycles. The normalized spacial score (nSPS) is 13.0. The van der Waals surface area contributed by atoms with Crippen molar-refractivity contribution in [2.75, 3.05) is 5.32 Å². The molecule has 0 saturated carbocycles. The number of hydrogen-bond acceptors (Lipinski definition) is 2. The van der Waals surface area contributed by atoms with Crippen LogP contribution in [0.5, 0.6) is 5.75 Å². The average Bonchev–Trinajstić information content (AvgIpc) is 2.29. The molecule has 0 aliphatic rings. The van der Waals surface area contributed by atoms with Crippen LogP contribution in [0.4, 0.5) is 40.8 Å². The first-order valence-corrected chi connectivity index (χ1v) is 5.36. The maximum Gasteiger partial charge on any atom is 0.470 e. The monoisotopic (exact) mass is 337 g/mol. The van der Waals surface area contributed by atoms with Crippen molar-refractivity contribution in [3.8, 4) is 5.75 Å². The van der Waals surface area contributed by atoms with Gasteiger partial charge in [-0.05, 0) is 12.1 Å². The predicted molar refractivity (Wildman–Crippen MR) is 57.3 cm³/mol. The van der Waals surface area contributed by atoms with Crippen LogP contribution in [0.25, 0.3) is 0 Å². The van der Waals surface area contributed by atoms with Crippen LogP contribution in [-0.2, 0) is 4.79 Å². The van der Waals surface area contributed by atoms with Crippen LogP contribution >= 0.6 is 0 Å². The Morgan fingerprint density at radius 1 is 1.05 bits per heavy atom. The first-order valence-electron chi connectivity index (χ1n) is 5.36. The zero-order chi connectivity index (χ0) is 17.3. The molecule has 124 valence electrons. The number of carbonyl (C=O) groups is 1. The van der Waals surface area contributed by atoms with Crippen molar-refractivity contribution in [2.45, 2.75) is 25.1 Å². The molecule has 1 rings (SSSR count). The number of rotatable bonds is 3. The summed E-state index contributed by atoms with van der Waals surface area (Å²) in [4.78, 5) is 10.8. The largest absolute Gasteiger partial charge is 0.470 e. The summed E-state index contributed by atoms with van der Waals surface area (Å²) in [6.07, 6.45) is -13.0. The van der Waals surface area contributed by atoms with Gasteiger partial charge in [-0.3, -0.25) is 4.79 Å². The van der Waals surface area contributed by atoms with Crippen LogP contribution in [0.15, 0.2) is 18.2 Å². The SMILES string of the molecule is CC(=O)Nc1ccc(F)cc1OC(F)(C(F)(F)F)C(F)(F)F. The molecule has 0 atom stereocenters. The number of amides is 1. The fraction of sp³-hybridized carbons (Fsp3) is 0.364. The van der Waals surface area contributed by atoms with Gasteiger partial charge < -0.3 is 10.1 Å². The lowest BCUT2D eigenvalue weighted by Crippen LogP contribution is -2.57. The highest BCUT2D eigenvalue weighted by atomic mass is 19.4. The van der Waals surface area contributed by atoms with Crippen LogP contribution in [0, 0.1) is 5.82 Å². The predicted octanol–water partition coefficient (Wildman–Crippen LogP) is 3.95. The first-order chi connectivity index (χ1) is 9.78. The summed E-state index contributed by atoms with van der Waals surface area (Å²) in [5, 5.41) is 1.79. The molecule has 0 bridgehead atoms. The maximum atomic E-state index is 13.4. The van der Waals surface area contributed by atoms with Gasteiger partial charge in [0.15, 0.2) is 5.75 Å². The summed E-state index contributed by atoms with van der Waals surface area (Å²) in [5.41, 5.74) is -0.760. The summed E-state index contributed by atoms with van der Waals surface area (Å²) in [7, 11) is 0. The van der Waals surface area contributed by atoms with Crippen molar-refractivity contribution >= 4 is 11.6 Å². The number of alkyl halides is 7. The Balaban J connectivity index is 3.36. The fourth-order valence-corrected chi connectivity index (χ4v) is 1.30. The van der Waals surface area contributed by atoms with E-state index in [0.717, 1.165) is 6.92 Å². The summed E-state index contributed by atoms with van der Waals surface area (Å²) in [6.45, 7) is 0.878. The van der Waals surface area contributed by atoms with Crippen molar-refractivity contribution < 1.29 is 44.7 Å². The lowest BCUT2D eigenvalue weighted by molar-refractivity contribution is -0.405. The van der Waals surface area contributed by atoms with E-state index in [-0.39, 0.29) is 6.07 Å². The Morgan fingerprint density at radius 2 is 1.55 bits per heavy atom. The summed E-state index contributed by atoms with van der Waals surface area (Å²) in [6, 6.07) is 1.33. The van der Waals surface area contributed by atoms with E-state index in [1.165, 1.54) is 0 Å².